The zero-order valence-corrected chi connectivity index (χ0v) is 33.9. The lowest BCUT2D eigenvalue weighted by atomic mass is 10.0. The molecule has 0 aromatic heterocycles. The highest BCUT2D eigenvalue weighted by Gasteiger charge is 2.17. The van der Waals surface area contributed by atoms with Crippen molar-refractivity contribution in [3.63, 3.8) is 0 Å². The van der Waals surface area contributed by atoms with Crippen molar-refractivity contribution in [3.05, 3.63) is 60.8 Å². The monoisotopic (exact) mass is 712 g/mol. The smallest absolute Gasteiger partial charge is 0.220 e. The van der Waals surface area contributed by atoms with E-state index >= 15 is 0 Å². The molecule has 4 heteroatoms. The summed E-state index contributed by atoms with van der Waals surface area (Å²) in [5, 5.41) is 22.9. The summed E-state index contributed by atoms with van der Waals surface area (Å²) in [5.41, 5.74) is 0. The number of amides is 1. The normalized spacial score (nSPS) is 13.6. The number of nitrogens with one attached hydrogen (secondary N) is 1. The second kappa shape index (κ2) is 42.5. The van der Waals surface area contributed by atoms with Gasteiger partial charge < -0.3 is 15.5 Å². The first kappa shape index (κ1) is 49.1. The highest BCUT2D eigenvalue weighted by Crippen LogP contribution is 2.16. The molecular weight excluding hydrogens is 627 g/mol. The van der Waals surface area contributed by atoms with Gasteiger partial charge in [0.1, 0.15) is 0 Å². The van der Waals surface area contributed by atoms with Crippen molar-refractivity contribution in [2.24, 2.45) is 0 Å². The molecule has 0 heterocycles. The maximum Gasteiger partial charge on any atom is 0.220 e. The third kappa shape index (κ3) is 39.1. The molecule has 0 rings (SSSR count). The largest absolute Gasteiger partial charge is 0.394 e. The van der Waals surface area contributed by atoms with Crippen molar-refractivity contribution in [2.45, 2.75) is 225 Å². The van der Waals surface area contributed by atoms with Crippen molar-refractivity contribution in [1.82, 2.24) is 5.32 Å². The minimum Gasteiger partial charge on any atom is -0.394 e. The zero-order valence-electron chi connectivity index (χ0n) is 33.9. The molecule has 0 spiro atoms. The fraction of sp³-hybridized carbons (Fsp3) is 0.766. The maximum atomic E-state index is 12.3. The first-order chi connectivity index (χ1) is 25.2. The van der Waals surface area contributed by atoms with Gasteiger partial charge in [-0.3, -0.25) is 4.79 Å². The second-order valence-electron chi connectivity index (χ2n) is 14.7. The molecule has 0 fully saturated rings. The SMILES string of the molecule is CC/C=C\C/C=C\C/C=C\C/C=C\CCC(=O)NC(CO)C(O)/C=C/CCCCCCCCCCCCCCCCCCCCCCCCCC. The van der Waals surface area contributed by atoms with E-state index in [0.29, 0.717) is 12.8 Å². The van der Waals surface area contributed by atoms with Gasteiger partial charge in [0.2, 0.25) is 5.91 Å². The summed E-state index contributed by atoms with van der Waals surface area (Å²) in [7, 11) is 0. The molecule has 51 heavy (non-hydrogen) atoms. The number of hydrogen-bond acceptors (Lipinski definition) is 3. The quantitative estimate of drug-likeness (QED) is 0.0439. The van der Waals surface area contributed by atoms with Gasteiger partial charge in [-0.15, -0.1) is 0 Å². The number of carbonyl (C=O) groups excluding carboxylic acids is 1. The Hall–Kier alpha value is -1.91. The molecule has 296 valence electrons. The summed E-state index contributed by atoms with van der Waals surface area (Å²) < 4.78 is 0. The van der Waals surface area contributed by atoms with Gasteiger partial charge in [-0.05, 0) is 44.9 Å². The Bertz CT molecular complexity index is 858. The van der Waals surface area contributed by atoms with Gasteiger partial charge in [-0.25, -0.2) is 0 Å². The van der Waals surface area contributed by atoms with Crippen molar-refractivity contribution in [2.75, 3.05) is 6.61 Å². The number of allylic oxidation sites excluding steroid dienone is 9. The Morgan fingerprint density at radius 1 is 0.490 bits per heavy atom. The number of rotatable bonds is 39. The Balaban J connectivity index is 3.57. The van der Waals surface area contributed by atoms with Crippen LogP contribution in [0.2, 0.25) is 0 Å². The van der Waals surface area contributed by atoms with Gasteiger partial charge in [-0.2, -0.15) is 0 Å². The van der Waals surface area contributed by atoms with Crippen LogP contribution in [0.3, 0.4) is 0 Å². The molecule has 0 saturated heterocycles. The third-order valence-electron chi connectivity index (χ3n) is 9.77. The average Bonchev–Trinajstić information content (AvgIpc) is 3.13. The second-order valence-corrected chi connectivity index (χ2v) is 14.7. The number of unbranched alkanes of at least 4 members (excludes halogenated alkanes) is 24. The van der Waals surface area contributed by atoms with Crippen LogP contribution in [0.4, 0.5) is 0 Å². The summed E-state index contributed by atoms with van der Waals surface area (Å²) >= 11 is 0. The van der Waals surface area contributed by atoms with Gasteiger partial charge in [0.15, 0.2) is 0 Å². The summed E-state index contributed by atoms with van der Waals surface area (Å²) in [6.45, 7) is 4.16. The molecule has 0 aromatic rings. The van der Waals surface area contributed by atoms with E-state index in [2.05, 4.69) is 61.7 Å². The van der Waals surface area contributed by atoms with Crippen LogP contribution in [-0.2, 0) is 4.79 Å². The van der Waals surface area contributed by atoms with Crippen LogP contribution in [0.15, 0.2) is 60.8 Å². The molecule has 0 radical (unpaired) electrons. The Kier molecular flexibility index (Phi) is 40.9. The first-order valence-corrected chi connectivity index (χ1v) is 22.0. The Labute approximate surface area is 317 Å². The van der Waals surface area contributed by atoms with E-state index < -0.39 is 12.1 Å². The number of carbonyl (C=O) groups is 1. The van der Waals surface area contributed by atoms with Crippen LogP contribution < -0.4 is 5.32 Å². The molecule has 0 aliphatic rings. The molecule has 3 N–H and O–H groups in total. The van der Waals surface area contributed by atoms with Crippen LogP contribution in [0.1, 0.15) is 213 Å². The maximum absolute atomic E-state index is 12.3. The summed E-state index contributed by atoms with van der Waals surface area (Å²) in [6.07, 6.45) is 59.3. The molecular formula is C47H85NO3. The van der Waals surface area contributed by atoms with E-state index in [1.54, 1.807) is 6.08 Å². The lowest BCUT2D eigenvalue weighted by molar-refractivity contribution is -0.122. The predicted octanol–water partition coefficient (Wildman–Crippen LogP) is 13.7. The predicted molar refractivity (Wildman–Crippen MR) is 225 cm³/mol. The minimum absolute atomic E-state index is 0.144. The summed E-state index contributed by atoms with van der Waals surface area (Å²) in [4.78, 5) is 12.3. The van der Waals surface area contributed by atoms with Gasteiger partial charge >= 0.3 is 0 Å². The van der Waals surface area contributed by atoms with E-state index in [0.717, 1.165) is 38.5 Å². The van der Waals surface area contributed by atoms with Gasteiger partial charge in [0.25, 0.3) is 0 Å². The van der Waals surface area contributed by atoms with E-state index in [1.165, 1.54) is 148 Å². The third-order valence-corrected chi connectivity index (χ3v) is 9.77. The number of aliphatic hydroxyl groups is 2. The van der Waals surface area contributed by atoms with Gasteiger partial charge in [-0.1, -0.05) is 222 Å². The Morgan fingerprint density at radius 2 is 0.863 bits per heavy atom. The lowest BCUT2D eigenvalue weighted by Gasteiger charge is -2.19. The lowest BCUT2D eigenvalue weighted by Crippen LogP contribution is -2.45. The molecule has 2 atom stereocenters. The fourth-order valence-electron chi connectivity index (χ4n) is 6.42. The van der Waals surface area contributed by atoms with Crippen molar-refractivity contribution >= 4 is 5.91 Å². The average molecular weight is 712 g/mol. The standard InChI is InChI=1S/C47H85NO3/c1-3-5-7-9-11-13-15-17-18-19-20-21-22-23-24-25-26-27-28-29-31-32-34-36-38-40-42-46(50)45(44-49)48-47(51)43-41-39-37-35-33-30-16-14-12-10-8-6-4-2/h6,8,12,14,30,33,37,39-40,42,45-46,49-50H,3-5,7,9-11,13,15-29,31-32,34-36,38,41,43-44H2,1-2H3,(H,48,51)/b8-6-,14-12-,33-30-,39-37-,42-40+. The van der Waals surface area contributed by atoms with Crippen LogP contribution in [0.25, 0.3) is 0 Å². The topological polar surface area (TPSA) is 69.6 Å². The molecule has 2 unspecified atom stereocenters. The van der Waals surface area contributed by atoms with Crippen LogP contribution in [0.5, 0.6) is 0 Å². The number of hydrogen-bond donors (Lipinski definition) is 3. The van der Waals surface area contributed by atoms with Crippen molar-refractivity contribution in [3.8, 4) is 0 Å². The molecule has 0 bridgehead atoms. The fourth-order valence-corrected chi connectivity index (χ4v) is 6.42. The van der Waals surface area contributed by atoms with E-state index in [4.69, 9.17) is 0 Å². The van der Waals surface area contributed by atoms with Crippen molar-refractivity contribution in [1.29, 1.82) is 0 Å². The van der Waals surface area contributed by atoms with Crippen LogP contribution in [-0.4, -0.2) is 34.9 Å². The van der Waals surface area contributed by atoms with E-state index in [1.807, 2.05) is 12.2 Å². The zero-order chi connectivity index (χ0) is 37.1. The molecule has 0 aliphatic heterocycles. The van der Waals surface area contributed by atoms with Crippen molar-refractivity contribution < 1.29 is 15.0 Å². The van der Waals surface area contributed by atoms with Crippen LogP contribution >= 0.6 is 0 Å². The molecule has 0 saturated carbocycles. The Morgan fingerprint density at radius 3 is 1.25 bits per heavy atom. The highest BCUT2D eigenvalue weighted by molar-refractivity contribution is 5.76. The molecule has 0 aliphatic carbocycles. The first-order valence-electron chi connectivity index (χ1n) is 22.0. The number of aliphatic hydroxyl groups excluding tert-OH is 2. The van der Waals surface area contributed by atoms with Crippen LogP contribution in [0, 0.1) is 0 Å². The summed E-state index contributed by atoms with van der Waals surface area (Å²) in [5.74, 6) is -0.144. The van der Waals surface area contributed by atoms with E-state index in [-0.39, 0.29) is 12.5 Å². The minimum atomic E-state index is -0.870. The van der Waals surface area contributed by atoms with Gasteiger partial charge in [0.05, 0.1) is 18.8 Å². The van der Waals surface area contributed by atoms with E-state index in [9.17, 15) is 15.0 Å². The molecule has 4 nitrogen and oxygen atoms in total. The molecule has 1 amide bonds. The summed E-state index contributed by atoms with van der Waals surface area (Å²) in [6, 6.07) is -0.662. The molecule has 0 aromatic carbocycles. The highest BCUT2D eigenvalue weighted by atomic mass is 16.3. The van der Waals surface area contributed by atoms with Gasteiger partial charge in [0, 0.05) is 6.42 Å².